The Morgan fingerprint density at radius 1 is 1.15 bits per heavy atom. The average molecular weight is 392 g/mol. The van der Waals surface area contributed by atoms with Gasteiger partial charge >= 0.3 is 5.97 Å². The number of hydrogen-bond acceptors (Lipinski definition) is 7. The molecule has 1 aliphatic carbocycles. The van der Waals surface area contributed by atoms with Crippen LogP contribution in [0, 0.1) is 11.3 Å². The van der Waals surface area contributed by atoms with Crippen LogP contribution in [0.4, 0.5) is 0 Å². The third-order valence-electron chi connectivity index (χ3n) is 4.54. The lowest BCUT2D eigenvalue weighted by molar-refractivity contribution is -0.154. The number of para-hydroxylation sites is 1. The highest BCUT2D eigenvalue weighted by atomic mass is 32.2. The van der Waals surface area contributed by atoms with E-state index in [1.807, 2.05) is 6.07 Å². The van der Waals surface area contributed by atoms with Gasteiger partial charge in [0, 0.05) is 12.1 Å². The van der Waals surface area contributed by atoms with Gasteiger partial charge in [0.2, 0.25) is 0 Å². The molecule has 0 bridgehead atoms. The lowest BCUT2D eigenvalue weighted by Gasteiger charge is -2.28. The van der Waals surface area contributed by atoms with E-state index in [9.17, 15) is 18.0 Å². The van der Waals surface area contributed by atoms with E-state index in [0.717, 1.165) is 12.8 Å². The second-order valence-corrected chi connectivity index (χ2v) is 8.88. The second kappa shape index (κ2) is 7.96. The van der Waals surface area contributed by atoms with Crippen LogP contribution in [0.1, 0.15) is 24.8 Å². The van der Waals surface area contributed by atoms with Gasteiger partial charge in [-0.2, -0.15) is 5.26 Å². The third kappa shape index (κ3) is 4.98. The molecule has 1 aromatic rings. The topological polar surface area (TPSA) is 114 Å². The molecule has 1 amide bonds. The monoisotopic (exact) mass is 392 g/mol. The van der Waals surface area contributed by atoms with Gasteiger partial charge in [-0.3, -0.25) is 4.79 Å². The summed E-state index contributed by atoms with van der Waals surface area (Å²) < 4.78 is 33.6. The van der Waals surface area contributed by atoms with Gasteiger partial charge in [-0.05, 0) is 31.4 Å². The first kappa shape index (κ1) is 19.2. The highest BCUT2D eigenvalue weighted by molar-refractivity contribution is 7.91. The summed E-state index contributed by atoms with van der Waals surface area (Å²) in [7, 11) is -3.10. The summed E-state index contributed by atoms with van der Waals surface area (Å²) in [5.41, 5.74) is 0.295. The fourth-order valence-electron chi connectivity index (χ4n) is 3.13. The molecule has 1 heterocycles. The van der Waals surface area contributed by atoms with E-state index < -0.39 is 29.0 Å². The predicted octanol–water partition coefficient (Wildman–Crippen LogP) is 0.658. The van der Waals surface area contributed by atoms with Crippen LogP contribution in [0.3, 0.4) is 0 Å². The second-order valence-electron chi connectivity index (χ2n) is 6.65. The first-order chi connectivity index (χ1) is 12.9. The summed E-state index contributed by atoms with van der Waals surface area (Å²) >= 11 is 0. The molecule has 0 aromatic heterocycles. The maximum atomic E-state index is 12.5. The smallest absolute Gasteiger partial charge is 0.344 e. The van der Waals surface area contributed by atoms with Gasteiger partial charge in [0.15, 0.2) is 23.1 Å². The van der Waals surface area contributed by atoms with Crippen LogP contribution in [0.5, 0.6) is 5.75 Å². The molecule has 27 heavy (non-hydrogen) atoms. The molecule has 1 saturated carbocycles. The maximum absolute atomic E-state index is 12.5. The van der Waals surface area contributed by atoms with Crippen molar-refractivity contribution in [1.82, 2.24) is 4.90 Å². The van der Waals surface area contributed by atoms with E-state index in [4.69, 9.17) is 14.7 Å². The Balaban J connectivity index is 1.50. The number of benzene rings is 1. The first-order valence-corrected chi connectivity index (χ1v) is 10.5. The van der Waals surface area contributed by atoms with E-state index >= 15 is 0 Å². The van der Waals surface area contributed by atoms with Crippen molar-refractivity contribution in [2.24, 2.45) is 0 Å². The van der Waals surface area contributed by atoms with E-state index in [1.165, 1.54) is 0 Å². The van der Waals surface area contributed by atoms with Crippen molar-refractivity contribution in [3.63, 3.8) is 0 Å². The number of nitrogens with zero attached hydrogens (tertiary/aromatic N) is 2. The SMILES string of the molecule is N#Cc1ccccc1OCC(=O)OCC(=O)N(C1CC1)[C@H]1CCS(=O)(=O)C1. The Morgan fingerprint density at radius 3 is 2.52 bits per heavy atom. The van der Waals surface area contributed by atoms with Crippen molar-refractivity contribution in [2.75, 3.05) is 24.7 Å². The highest BCUT2D eigenvalue weighted by Gasteiger charge is 2.42. The first-order valence-electron chi connectivity index (χ1n) is 8.69. The van der Waals surface area contributed by atoms with Gasteiger partial charge in [0.25, 0.3) is 5.91 Å². The molecule has 0 radical (unpaired) electrons. The standard InChI is InChI=1S/C18H20N2O6S/c19-9-13-3-1-2-4-16(13)25-11-18(22)26-10-17(21)20(14-5-6-14)15-7-8-27(23,24)12-15/h1-4,14-15H,5-8,10-12H2/t15-/m0/s1. The van der Waals surface area contributed by atoms with E-state index in [-0.39, 0.29) is 35.2 Å². The maximum Gasteiger partial charge on any atom is 0.344 e. The molecule has 0 spiro atoms. The van der Waals surface area contributed by atoms with Gasteiger partial charge < -0.3 is 14.4 Å². The number of sulfone groups is 1. The summed E-state index contributed by atoms with van der Waals surface area (Å²) in [6.45, 7) is -0.873. The predicted molar refractivity (Wildman–Crippen MR) is 94.5 cm³/mol. The van der Waals surface area contributed by atoms with Gasteiger partial charge in [0.05, 0.1) is 17.1 Å². The van der Waals surface area contributed by atoms with Gasteiger partial charge in [0.1, 0.15) is 11.8 Å². The molecule has 9 heteroatoms. The zero-order valence-corrected chi connectivity index (χ0v) is 15.5. The number of hydrogen-bond donors (Lipinski definition) is 0. The summed E-state index contributed by atoms with van der Waals surface area (Å²) in [5.74, 6) is -0.799. The molecule has 2 fully saturated rings. The molecule has 1 atom stereocenters. The third-order valence-corrected chi connectivity index (χ3v) is 6.29. The Hall–Kier alpha value is -2.60. The Bertz CT molecular complexity index is 872. The van der Waals surface area contributed by atoms with Crippen LogP contribution < -0.4 is 4.74 Å². The summed E-state index contributed by atoms with van der Waals surface area (Å²) in [4.78, 5) is 25.9. The van der Waals surface area contributed by atoms with Crippen LogP contribution >= 0.6 is 0 Å². The number of carbonyl (C=O) groups is 2. The minimum Gasteiger partial charge on any atom is -0.481 e. The Kier molecular flexibility index (Phi) is 5.65. The molecular weight excluding hydrogens is 372 g/mol. The van der Waals surface area contributed by atoms with Crippen LogP contribution in [0.2, 0.25) is 0 Å². The fraction of sp³-hybridized carbons (Fsp3) is 0.500. The largest absolute Gasteiger partial charge is 0.481 e. The molecule has 2 aliphatic rings. The number of rotatable bonds is 7. The Morgan fingerprint density at radius 2 is 1.89 bits per heavy atom. The minimum atomic E-state index is -3.10. The van der Waals surface area contributed by atoms with Crippen molar-refractivity contribution in [3.05, 3.63) is 29.8 Å². The van der Waals surface area contributed by atoms with E-state index in [0.29, 0.717) is 12.0 Å². The molecule has 1 saturated heterocycles. The average Bonchev–Trinajstić information content (AvgIpc) is 3.41. The summed E-state index contributed by atoms with van der Waals surface area (Å²) in [6.07, 6.45) is 2.10. The van der Waals surface area contributed by atoms with Gasteiger partial charge in [-0.15, -0.1) is 0 Å². The minimum absolute atomic E-state index is 0.0305. The molecule has 1 aliphatic heterocycles. The van der Waals surface area contributed by atoms with Crippen molar-refractivity contribution >= 4 is 21.7 Å². The van der Waals surface area contributed by atoms with Crippen molar-refractivity contribution < 1.29 is 27.5 Å². The van der Waals surface area contributed by atoms with E-state index in [1.54, 1.807) is 29.2 Å². The lowest BCUT2D eigenvalue weighted by atomic mass is 10.2. The van der Waals surface area contributed by atoms with Gasteiger partial charge in [-0.25, -0.2) is 13.2 Å². The zero-order valence-electron chi connectivity index (χ0n) is 14.7. The van der Waals surface area contributed by atoms with Crippen LogP contribution in [0.15, 0.2) is 24.3 Å². The van der Waals surface area contributed by atoms with Crippen LogP contribution in [-0.2, 0) is 24.2 Å². The number of amides is 1. The summed E-state index contributed by atoms with van der Waals surface area (Å²) in [6, 6.07) is 8.13. The fourth-order valence-corrected chi connectivity index (χ4v) is 4.84. The molecular formula is C18H20N2O6S. The van der Waals surface area contributed by atoms with Crippen molar-refractivity contribution in [3.8, 4) is 11.8 Å². The van der Waals surface area contributed by atoms with Crippen molar-refractivity contribution in [1.29, 1.82) is 5.26 Å². The highest BCUT2D eigenvalue weighted by Crippen LogP contribution is 2.32. The normalized spacial score (nSPS) is 20.5. The number of esters is 1. The van der Waals surface area contributed by atoms with Crippen LogP contribution in [0.25, 0.3) is 0 Å². The molecule has 0 unspecified atom stereocenters. The zero-order chi connectivity index (χ0) is 19.4. The number of nitriles is 1. The molecule has 3 rings (SSSR count). The molecule has 8 nitrogen and oxygen atoms in total. The summed E-state index contributed by atoms with van der Waals surface area (Å²) in [5, 5.41) is 8.98. The lowest BCUT2D eigenvalue weighted by Crippen LogP contribution is -2.45. The molecule has 0 N–H and O–H groups in total. The number of ether oxygens (including phenoxy) is 2. The Labute approximate surface area is 157 Å². The number of carbonyl (C=O) groups excluding carboxylic acids is 2. The molecule has 144 valence electrons. The van der Waals surface area contributed by atoms with Gasteiger partial charge in [-0.1, -0.05) is 12.1 Å². The van der Waals surface area contributed by atoms with E-state index in [2.05, 4.69) is 0 Å². The van der Waals surface area contributed by atoms with Crippen molar-refractivity contribution in [2.45, 2.75) is 31.3 Å². The van der Waals surface area contributed by atoms with Crippen LogP contribution in [-0.4, -0.2) is 62.0 Å². The quantitative estimate of drug-likeness (QED) is 0.626. The molecule has 1 aromatic carbocycles.